The summed E-state index contributed by atoms with van der Waals surface area (Å²) in [6.07, 6.45) is 6.48. The number of carbonyl (C=O) groups is 1. The van der Waals surface area contributed by atoms with Crippen molar-refractivity contribution in [2.45, 2.75) is 58.5 Å². The summed E-state index contributed by atoms with van der Waals surface area (Å²) in [6.45, 7) is 8.08. The van der Waals surface area contributed by atoms with Gasteiger partial charge in [-0.1, -0.05) is 19.9 Å². The smallest absolute Gasteiger partial charge is 0.223 e. The van der Waals surface area contributed by atoms with Crippen molar-refractivity contribution < 1.29 is 9.90 Å². The van der Waals surface area contributed by atoms with E-state index in [2.05, 4.69) is 16.8 Å². The standard InChI is InChI=1S/C20H33N3O2/c1-3-11-22-12-8-17(9-13-22)14-20(25)23(19(4-2)16-24)15-18-7-5-6-10-21-18/h5-7,10,17,19,24H,3-4,8-9,11-16H2,1-2H3/t19-/m1/s1. The number of pyridine rings is 1. The summed E-state index contributed by atoms with van der Waals surface area (Å²) < 4.78 is 0. The topological polar surface area (TPSA) is 56.7 Å². The molecule has 1 atom stereocenters. The van der Waals surface area contributed by atoms with Gasteiger partial charge < -0.3 is 14.9 Å². The molecule has 1 fully saturated rings. The largest absolute Gasteiger partial charge is 0.394 e. The fourth-order valence-electron chi connectivity index (χ4n) is 3.63. The second-order valence-corrected chi connectivity index (χ2v) is 7.08. The van der Waals surface area contributed by atoms with E-state index in [4.69, 9.17) is 0 Å². The number of carbonyl (C=O) groups excluding carboxylic acids is 1. The zero-order valence-electron chi connectivity index (χ0n) is 15.7. The minimum Gasteiger partial charge on any atom is -0.394 e. The van der Waals surface area contributed by atoms with Crippen molar-refractivity contribution in [1.82, 2.24) is 14.8 Å². The van der Waals surface area contributed by atoms with Crippen LogP contribution in [0.15, 0.2) is 24.4 Å². The van der Waals surface area contributed by atoms with E-state index in [-0.39, 0.29) is 18.6 Å². The molecule has 0 radical (unpaired) electrons. The monoisotopic (exact) mass is 347 g/mol. The molecule has 1 aromatic heterocycles. The van der Waals surface area contributed by atoms with E-state index in [1.807, 2.05) is 30.0 Å². The number of hydrogen-bond donors (Lipinski definition) is 1. The van der Waals surface area contributed by atoms with Crippen LogP contribution in [0.4, 0.5) is 0 Å². The number of aliphatic hydroxyl groups excluding tert-OH is 1. The lowest BCUT2D eigenvalue weighted by Crippen LogP contribution is -2.43. The number of amides is 1. The highest BCUT2D eigenvalue weighted by Crippen LogP contribution is 2.23. The van der Waals surface area contributed by atoms with Gasteiger partial charge in [0.1, 0.15) is 0 Å². The highest BCUT2D eigenvalue weighted by atomic mass is 16.3. The number of aliphatic hydroxyl groups is 1. The van der Waals surface area contributed by atoms with Gasteiger partial charge in [0.2, 0.25) is 5.91 Å². The SMILES string of the molecule is CCCN1CCC(CC(=O)N(Cc2ccccn2)[C@H](CC)CO)CC1. The lowest BCUT2D eigenvalue weighted by Gasteiger charge is -2.34. The Morgan fingerprint density at radius 3 is 2.68 bits per heavy atom. The quantitative estimate of drug-likeness (QED) is 0.746. The number of piperidine rings is 1. The molecule has 1 N–H and O–H groups in total. The first kappa shape index (κ1) is 19.9. The van der Waals surface area contributed by atoms with Gasteiger partial charge in [-0.15, -0.1) is 0 Å². The van der Waals surface area contributed by atoms with E-state index in [9.17, 15) is 9.90 Å². The number of aromatic nitrogens is 1. The Kier molecular flexibility index (Phi) is 8.35. The van der Waals surface area contributed by atoms with E-state index in [1.165, 1.54) is 6.42 Å². The number of nitrogens with zero attached hydrogens (tertiary/aromatic N) is 3. The molecule has 0 aromatic carbocycles. The van der Waals surface area contributed by atoms with Crippen molar-refractivity contribution >= 4 is 5.91 Å². The Balaban J connectivity index is 1.95. The minimum atomic E-state index is -0.130. The molecule has 0 saturated carbocycles. The maximum atomic E-state index is 13.0. The van der Waals surface area contributed by atoms with Crippen LogP contribution in [0.2, 0.25) is 0 Å². The van der Waals surface area contributed by atoms with Gasteiger partial charge in [0.15, 0.2) is 0 Å². The molecule has 5 heteroatoms. The zero-order valence-corrected chi connectivity index (χ0v) is 15.7. The molecule has 1 aromatic rings. The Labute approximate surface area is 152 Å². The van der Waals surface area contributed by atoms with Crippen LogP contribution in [0.3, 0.4) is 0 Å². The van der Waals surface area contributed by atoms with Gasteiger partial charge in [-0.2, -0.15) is 0 Å². The molecule has 5 nitrogen and oxygen atoms in total. The summed E-state index contributed by atoms with van der Waals surface area (Å²) in [4.78, 5) is 21.6. The highest BCUT2D eigenvalue weighted by Gasteiger charge is 2.27. The van der Waals surface area contributed by atoms with Crippen LogP contribution in [0.1, 0.15) is 51.6 Å². The molecule has 140 valence electrons. The van der Waals surface area contributed by atoms with Crippen molar-refractivity contribution in [3.8, 4) is 0 Å². The molecule has 25 heavy (non-hydrogen) atoms. The third-order valence-electron chi connectivity index (χ3n) is 5.21. The van der Waals surface area contributed by atoms with Gasteiger partial charge in [0.05, 0.1) is 24.9 Å². The van der Waals surface area contributed by atoms with Gasteiger partial charge in [-0.25, -0.2) is 0 Å². The van der Waals surface area contributed by atoms with Gasteiger partial charge in [-0.3, -0.25) is 9.78 Å². The molecule has 0 unspecified atom stereocenters. The number of rotatable bonds is 9. The zero-order chi connectivity index (χ0) is 18.1. The summed E-state index contributed by atoms with van der Waals surface area (Å²) in [5, 5.41) is 9.70. The van der Waals surface area contributed by atoms with Crippen LogP contribution in [0, 0.1) is 5.92 Å². The first-order valence-corrected chi connectivity index (χ1v) is 9.70. The van der Waals surface area contributed by atoms with E-state index in [0.29, 0.717) is 18.9 Å². The summed E-state index contributed by atoms with van der Waals surface area (Å²) in [5.41, 5.74) is 0.875. The van der Waals surface area contributed by atoms with Crippen LogP contribution in [-0.4, -0.2) is 58.1 Å². The third kappa shape index (κ3) is 6.08. The van der Waals surface area contributed by atoms with Crippen molar-refractivity contribution in [1.29, 1.82) is 0 Å². The molecule has 1 saturated heterocycles. The van der Waals surface area contributed by atoms with Crippen molar-refractivity contribution in [3.05, 3.63) is 30.1 Å². The summed E-state index contributed by atoms with van der Waals surface area (Å²) >= 11 is 0. The average molecular weight is 348 g/mol. The van der Waals surface area contributed by atoms with Crippen LogP contribution < -0.4 is 0 Å². The van der Waals surface area contributed by atoms with Crippen molar-refractivity contribution in [3.63, 3.8) is 0 Å². The van der Waals surface area contributed by atoms with E-state index >= 15 is 0 Å². The normalized spacial score (nSPS) is 17.4. The average Bonchev–Trinajstić information content (AvgIpc) is 2.64. The van der Waals surface area contributed by atoms with Gasteiger partial charge in [0, 0.05) is 12.6 Å². The van der Waals surface area contributed by atoms with Gasteiger partial charge in [-0.05, 0) is 63.4 Å². The highest BCUT2D eigenvalue weighted by molar-refractivity contribution is 5.76. The predicted octanol–water partition coefficient (Wildman–Crippen LogP) is 2.69. The molecule has 1 amide bonds. The fraction of sp³-hybridized carbons (Fsp3) is 0.700. The van der Waals surface area contributed by atoms with E-state index in [1.54, 1.807) is 6.20 Å². The van der Waals surface area contributed by atoms with E-state index < -0.39 is 0 Å². The first-order chi connectivity index (χ1) is 12.2. The Morgan fingerprint density at radius 2 is 2.12 bits per heavy atom. The summed E-state index contributed by atoms with van der Waals surface area (Å²) in [6, 6.07) is 5.63. The number of likely N-dealkylation sites (tertiary alicyclic amines) is 1. The molecule has 0 aliphatic carbocycles. The Bertz CT molecular complexity index is 497. The van der Waals surface area contributed by atoms with Gasteiger partial charge >= 0.3 is 0 Å². The van der Waals surface area contributed by atoms with Crippen LogP contribution in [0.5, 0.6) is 0 Å². The van der Waals surface area contributed by atoms with Crippen molar-refractivity contribution in [2.75, 3.05) is 26.2 Å². The lowest BCUT2D eigenvalue weighted by molar-refractivity contribution is -0.136. The maximum Gasteiger partial charge on any atom is 0.223 e. The molecule has 0 spiro atoms. The Hall–Kier alpha value is -1.46. The predicted molar refractivity (Wildman–Crippen MR) is 100 cm³/mol. The second-order valence-electron chi connectivity index (χ2n) is 7.08. The molecule has 0 bridgehead atoms. The molecular weight excluding hydrogens is 314 g/mol. The van der Waals surface area contributed by atoms with E-state index in [0.717, 1.165) is 44.6 Å². The van der Waals surface area contributed by atoms with Gasteiger partial charge in [0.25, 0.3) is 0 Å². The second kappa shape index (κ2) is 10.5. The Morgan fingerprint density at radius 1 is 1.36 bits per heavy atom. The molecule has 1 aliphatic heterocycles. The third-order valence-corrected chi connectivity index (χ3v) is 5.21. The molecule has 2 heterocycles. The van der Waals surface area contributed by atoms with Crippen LogP contribution in [-0.2, 0) is 11.3 Å². The van der Waals surface area contributed by atoms with Crippen LogP contribution >= 0.6 is 0 Å². The fourth-order valence-corrected chi connectivity index (χ4v) is 3.63. The van der Waals surface area contributed by atoms with Crippen molar-refractivity contribution in [2.24, 2.45) is 5.92 Å². The minimum absolute atomic E-state index is 0.00399. The summed E-state index contributed by atoms with van der Waals surface area (Å²) in [5.74, 6) is 0.614. The molecule has 1 aliphatic rings. The lowest BCUT2D eigenvalue weighted by atomic mass is 9.92. The summed E-state index contributed by atoms with van der Waals surface area (Å²) in [7, 11) is 0. The number of hydrogen-bond acceptors (Lipinski definition) is 4. The molecule has 2 rings (SSSR count). The maximum absolute atomic E-state index is 13.0. The molecular formula is C20H33N3O2. The van der Waals surface area contributed by atoms with Crippen LogP contribution in [0.25, 0.3) is 0 Å². The first-order valence-electron chi connectivity index (χ1n) is 9.70.